The van der Waals surface area contributed by atoms with Crippen molar-refractivity contribution >= 4 is 21.5 Å². The second kappa shape index (κ2) is 7.88. The fraction of sp³-hybridized carbons (Fsp3) is 0. The summed E-state index contributed by atoms with van der Waals surface area (Å²) in [5, 5.41) is 37.8. The Bertz CT molecular complexity index is 1920. The van der Waals surface area contributed by atoms with Crippen LogP contribution >= 0.6 is 0 Å². The molecule has 0 atom stereocenters. The zero-order chi connectivity index (χ0) is 25.7. The molecule has 0 fully saturated rings. The summed E-state index contributed by atoms with van der Waals surface area (Å²) in [6, 6.07) is 11.8. The van der Waals surface area contributed by atoms with Crippen LogP contribution in [0.1, 0.15) is 22.5 Å². The second-order valence-electron chi connectivity index (χ2n) is 7.65. The van der Waals surface area contributed by atoms with Gasteiger partial charge in [0, 0.05) is 32.7 Å². The van der Waals surface area contributed by atoms with E-state index in [0.29, 0.717) is 0 Å². The minimum absolute atomic E-state index is 0.0562. The molecule has 10 heteroatoms. The van der Waals surface area contributed by atoms with Gasteiger partial charge in [-0.1, -0.05) is 0 Å². The van der Waals surface area contributed by atoms with Gasteiger partial charge in [-0.2, -0.15) is 21.0 Å². The lowest BCUT2D eigenvalue weighted by Crippen LogP contribution is -2.04. The van der Waals surface area contributed by atoms with Crippen molar-refractivity contribution < 1.29 is 8.78 Å². The van der Waals surface area contributed by atoms with Crippen LogP contribution in [0, 0.1) is 57.0 Å². The molecular weight excluding hydrogens is 466 g/mol. The van der Waals surface area contributed by atoms with Crippen molar-refractivity contribution in [2.45, 2.75) is 0 Å². The minimum Gasteiger partial charge on any atom is -0.289 e. The molecule has 0 radical (unpaired) electrons. The van der Waals surface area contributed by atoms with E-state index in [1.54, 1.807) is 12.1 Å². The van der Waals surface area contributed by atoms with Gasteiger partial charge in [-0.3, -0.25) is 9.59 Å². The summed E-state index contributed by atoms with van der Waals surface area (Å²) in [6.45, 7) is 0. The topological polar surface area (TPSA) is 155 Å². The highest BCUT2D eigenvalue weighted by Crippen LogP contribution is 2.36. The first kappa shape index (κ1) is 22.0. The van der Waals surface area contributed by atoms with Gasteiger partial charge in [0.1, 0.15) is 47.3 Å². The van der Waals surface area contributed by atoms with Crippen molar-refractivity contribution in [2.24, 2.45) is 0 Å². The summed E-state index contributed by atoms with van der Waals surface area (Å²) >= 11 is 0. The van der Waals surface area contributed by atoms with E-state index in [1.807, 2.05) is 12.1 Å². The van der Waals surface area contributed by atoms with Gasteiger partial charge in [0.15, 0.2) is 10.9 Å². The van der Waals surface area contributed by atoms with Crippen molar-refractivity contribution in [3.05, 3.63) is 91.3 Å². The molecule has 3 aromatic carbocycles. The van der Waals surface area contributed by atoms with Crippen LogP contribution in [-0.4, -0.2) is 9.97 Å². The number of hydrogen-bond acceptors (Lipinski definition) is 8. The molecule has 0 amide bonds. The third-order valence-corrected chi connectivity index (χ3v) is 5.84. The van der Waals surface area contributed by atoms with Crippen LogP contribution in [0.2, 0.25) is 0 Å². The first-order valence-corrected chi connectivity index (χ1v) is 10.0. The van der Waals surface area contributed by atoms with E-state index in [9.17, 15) is 28.9 Å². The van der Waals surface area contributed by atoms with Gasteiger partial charge < -0.3 is 0 Å². The van der Waals surface area contributed by atoms with Gasteiger partial charge >= 0.3 is 0 Å². The second-order valence-corrected chi connectivity index (χ2v) is 7.65. The Morgan fingerprint density at radius 3 is 1.33 bits per heavy atom. The molecular formula is C26H6F2N6O2. The molecule has 166 valence electrons. The van der Waals surface area contributed by atoms with Crippen molar-refractivity contribution in [1.82, 2.24) is 9.97 Å². The van der Waals surface area contributed by atoms with Crippen LogP contribution in [0.4, 0.5) is 8.78 Å². The number of nitriles is 4. The van der Waals surface area contributed by atoms with Crippen molar-refractivity contribution in [1.29, 1.82) is 21.0 Å². The number of pyridine rings is 2. The Kier molecular flexibility index (Phi) is 4.81. The largest absolute Gasteiger partial charge is 0.289 e. The van der Waals surface area contributed by atoms with Gasteiger partial charge in [0.2, 0.25) is 0 Å². The Morgan fingerprint density at radius 1 is 0.583 bits per heavy atom. The molecule has 2 heterocycles. The van der Waals surface area contributed by atoms with Gasteiger partial charge in [0.05, 0.1) is 34.6 Å². The molecule has 0 aliphatic carbocycles. The van der Waals surface area contributed by atoms with E-state index in [2.05, 4.69) is 9.97 Å². The molecule has 0 unspecified atom stereocenters. The lowest BCUT2D eigenvalue weighted by Gasteiger charge is -2.01. The Balaban J connectivity index is 1.91. The number of aromatic nitrogens is 2. The molecule has 8 nitrogen and oxygen atoms in total. The standard InChI is InChI=1S/C26H6F2N6O2/c27-21-9-33-11(5-29)1-17(21)23-19(7-31)13-3-14-16(4-15(13)25(23)35)26(36)24(20(14)8-32)18-2-12(6-30)34-10-22(18)28/h1-4,9-10H. The van der Waals surface area contributed by atoms with E-state index in [0.717, 1.165) is 24.5 Å². The zero-order valence-electron chi connectivity index (χ0n) is 17.7. The van der Waals surface area contributed by atoms with Crippen LogP contribution in [0.25, 0.3) is 43.8 Å². The molecule has 0 bridgehead atoms. The van der Waals surface area contributed by atoms with E-state index in [-0.39, 0.29) is 66.3 Å². The highest BCUT2D eigenvalue weighted by atomic mass is 19.1. The highest BCUT2D eigenvalue weighted by molar-refractivity contribution is 6.10. The molecule has 0 saturated carbocycles. The van der Waals surface area contributed by atoms with Crippen molar-refractivity contribution in [3.63, 3.8) is 0 Å². The van der Waals surface area contributed by atoms with Crippen LogP contribution in [-0.2, 0) is 0 Å². The van der Waals surface area contributed by atoms with E-state index >= 15 is 0 Å². The SMILES string of the molecule is N#Cc1cc(-c2c(C#N)c3cc4c(C#N)c(-c5cc(C#N)ncc5F)c(=O)c4cc3c2=O)c(F)cn1. The van der Waals surface area contributed by atoms with Gasteiger partial charge in [-0.25, -0.2) is 18.7 Å². The average Bonchev–Trinajstić information content (AvgIpc) is 3.33. The molecule has 5 rings (SSSR count). The van der Waals surface area contributed by atoms with Crippen molar-refractivity contribution in [2.75, 3.05) is 0 Å². The minimum atomic E-state index is -0.928. The fourth-order valence-corrected chi connectivity index (χ4v) is 4.28. The predicted octanol–water partition coefficient (Wildman–Crippen LogP) is 3.48. The molecule has 36 heavy (non-hydrogen) atoms. The summed E-state index contributed by atoms with van der Waals surface area (Å²) in [5.74, 6) is -1.86. The third kappa shape index (κ3) is 2.93. The van der Waals surface area contributed by atoms with Crippen molar-refractivity contribution in [3.8, 4) is 46.5 Å². The smallest absolute Gasteiger partial charge is 0.195 e. The number of hydrogen-bond donors (Lipinski definition) is 0. The Hall–Kier alpha value is -5.84. The lowest BCUT2D eigenvalue weighted by molar-refractivity contribution is 0.624. The molecule has 5 aromatic rings. The maximum absolute atomic E-state index is 14.6. The van der Waals surface area contributed by atoms with Crippen LogP contribution in [0.15, 0.2) is 46.2 Å². The predicted molar refractivity (Wildman–Crippen MR) is 122 cm³/mol. The number of fused-ring (bicyclic) bond motifs is 2. The normalized spacial score (nSPS) is 10.6. The number of halogens is 2. The van der Waals surface area contributed by atoms with E-state index in [4.69, 9.17) is 10.5 Å². The maximum Gasteiger partial charge on any atom is 0.195 e. The maximum atomic E-state index is 14.6. The first-order valence-electron chi connectivity index (χ1n) is 10.0. The average molecular weight is 472 g/mol. The van der Waals surface area contributed by atoms with Crippen LogP contribution in [0.5, 0.6) is 0 Å². The Labute approximate surface area is 199 Å². The molecule has 0 aliphatic heterocycles. The molecule has 0 spiro atoms. The summed E-state index contributed by atoms with van der Waals surface area (Å²) in [5.41, 5.74) is -3.52. The van der Waals surface area contributed by atoms with Crippen LogP contribution in [0.3, 0.4) is 0 Å². The monoisotopic (exact) mass is 472 g/mol. The van der Waals surface area contributed by atoms with Gasteiger partial charge in [-0.15, -0.1) is 0 Å². The summed E-state index contributed by atoms with van der Waals surface area (Å²) in [6.07, 6.45) is 1.52. The zero-order valence-corrected chi connectivity index (χ0v) is 17.7. The summed E-state index contributed by atoms with van der Waals surface area (Å²) < 4.78 is 29.2. The number of benzene rings is 1. The summed E-state index contributed by atoms with van der Waals surface area (Å²) in [7, 11) is 0. The van der Waals surface area contributed by atoms with Gasteiger partial charge in [-0.05, 0) is 24.3 Å². The number of nitrogens with zero attached hydrogens (tertiary/aromatic N) is 6. The van der Waals surface area contributed by atoms with Gasteiger partial charge in [0.25, 0.3) is 0 Å². The molecule has 0 saturated heterocycles. The molecule has 0 N–H and O–H groups in total. The first-order chi connectivity index (χ1) is 17.3. The van der Waals surface area contributed by atoms with E-state index < -0.39 is 22.5 Å². The Morgan fingerprint density at radius 2 is 0.972 bits per heavy atom. The van der Waals surface area contributed by atoms with E-state index in [1.165, 1.54) is 12.1 Å². The lowest BCUT2D eigenvalue weighted by atomic mass is 10.0. The van der Waals surface area contributed by atoms with Crippen LogP contribution < -0.4 is 10.9 Å². The quantitative estimate of drug-likeness (QED) is 0.378. The summed E-state index contributed by atoms with van der Waals surface area (Å²) in [4.78, 5) is 33.8. The molecule has 0 aliphatic rings. The highest BCUT2D eigenvalue weighted by Gasteiger charge is 2.26. The number of rotatable bonds is 2. The molecule has 2 aromatic heterocycles. The third-order valence-electron chi connectivity index (χ3n) is 5.84. The fourth-order valence-electron chi connectivity index (χ4n) is 4.28.